The number of nitrogens with zero attached hydrogens (tertiary/aromatic N) is 1. The number of hydrogen-bond donors (Lipinski definition) is 3. The summed E-state index contributed by atoms with van der Waals surface area (Å²) < 4.78 is 9.81. The number of primary amides is 1. The Labute approximate surface area is 205 Å². The zero-order valence-corrected chi connectivity index (χ0v) is 21.3. The molecule has 1 rings (SSSR count). The molecular weight excluding hydrogens is 456 g/mol. The number of ether oxygens (including phenoxy) is 2. The van der Waals surface area contributed by atoms with Gasteiger partial charge in [0.2, 0.25) is 17.7 Å². The van der Waals surface area contributed by atoms with Gasteiger partial charge in [0.05, 0.1) is 13.5 Å². The zero-order chi connectivity index (χ0) is 27.0. The van der Waals surface area contributed by atoms with Crippen molar-refractivity contribution in [1.82, 2.24) is 15.5 Å². The first-order valence-electron chi connectivity index (χ1n) is 11.1. The topological polar surface area (TPSA) is 157 Å². The van der Waals surface area contributed by atoms with Gasteiger partial charge in [-0.15, -0.1) is 0 Å². The van der Waals surface area contributed by atoms with E-state index in [-0.39, 0.29) is 0 Å². The van der Waals surface area contributed by atoms with Crippen LogP contribution in [0.1, 0.15) is 59.6 Å². The predicted octanol–water partition coefficient (Wildman–Crippen LogP) is 1.41. The Hall–Kier alpha value is -3.63. The van der Waals surface area contributed by atoms with Crippen molar-refractivity contribution >= 4 is 29.8 Å². The SMILES string of the molecule is COC(=O)CNC(=O)C(c1ccccc1)N(C(=O)C(CC(N)=O)NC(=O)OC(C)(C)C)C(C)(C)C. The Bertz CT molecular complexity index is 920. The predicted molar refractivity (Wildman–Crippen MR) is 128 cm³/mol. The Kier molecular flexibility index (Phi) is 10.2. The molecule has 11 nitrogen and oxygen atoms in total. The van der Waals surface area contributed by atoms with Crippen LogP contribution in [0.15, 0.2) is 30.3 Å². The van der Waals surface area contributed by atoms with Crippen LogP contribution in [0.3, 0.4) is 0 Å². The minimum Gasteiger partial charge on any atom is -0.468 e. The fourth-order valence-electron chi connectivity index (χ4n) is 3.25. The van der Waals surface area contributed by atoms with Gasteiger partial charge in [-0.25, -0.2) is 4.79 Å². The molecule has 4 N–H and O–H groups in total. The molecule has 4 amide bonds. The summed E-state index contributed by atoms with van der Waals surface area (Å²) in [4.78, 5) is 64.2. The van der Waals surface area contributed by atoms with Crippen LogP contribution >= 0.6 is 0 Å². The average Bonchev–Trinajstić information content (AvgIpc) is 2.72. The molecule has 0 radical (unpaired) electrons. The number of carbonyl (C=O) groups excluding carboxylic acids is 5. The lowest BCUT2D eigenvalue weighted by Crippen LogP contribution is -2.59. The maximum Gasteiger partial charge on any atom is 0.408 e. The number of esters is 1. The van der Waals surface area contributed by atoms with Gasteiger partial charge in [-0.2, -0.15) is 0 Å². The highest BCUT2D eigenvalue weighted by Gasteiger charge is 2.42. The molecule has 0 aliphatic carbocycles. The Morgan fingerprint density at radius 3 is 2.03 bits per heavy atom. The maximum absolute atomic E-state index is 13.8. The van der Waals surface area contributed by atoms with Gasteiger partial charge in [0.25, 0.3) is 0 Å². The molecule has 0 aliphatic heterocycles. The molecule has 35 heavy (non-hydrogen) atoms. The third kappa shape index (κ3) is 9.63. The third-order valence-corrected chi connectivity index (χ3v) is 4.61. The van der Waals surface area contributed by atoms with E-state index < -0.39 is 66.0 Å². The molecule has 0 saturated carbocycles. The van der Waals surface area contributed by atoms with Crippen LogP contribution in [0.5, 0.6) is 0 Å². The fourth-order valence-corrected chi connectivity index (χ4v) is 3.25. The Morgan fingerprint density at radius 2 is 1.57 bits per heavy atom. The number of nitrogens with one attached hydrogen (secondary N) is 2. The van der Waals surface area contributed by atoms with E-state index in [2.05, 4.69) is 15.4 Å². The monoisotopic (exact) mass is 492 g/mol. The largest absolute Gasteiger partial charge is 0.468 e. The molecular formula is C24H36N4O7. The van der Waals surface area contributed by atoms with Crippen LogP contribution in [0.2, 0.25) is 0 Å². The number of amides is 4. The summed E-state index contributed by atoms with van der Waals surface area (Å²) in [5.41, 5.74) is 3.99. The minimum atomic E-state index is -1.40. The van der Waals surface area contributed by atoms with Crippen LogP contribution in [-0.4, -0.2) is 65.5 Å². The van der Waals surface area contributed by atoms with Crippen LogP contribution < -0.4 is 16.4 Å². The van der Waals surface area contributed by atoms with Gasteiger partial charge >= 0.3 is 12.1 Å². The molecule has 194 valence electrons. The second-order valence-corrected chi connectivity index (χ2v) is 9.86. The van der Waals surface area contributed by atoms with Gasteiger partial charge in [-0.3, -0.25) is 19.2 Å². The first-order chi connectivity index (χ1) is 16.1. The summed E-state index contributed by atoms with van der Waals surface area (Å²) in [7, 11) is 1.19. The molecule has 0 saturated heterocycles. The number of nitrogens with two attached hydrogens (primary N) is 1. The van der Waals surface area contributed by atoms with Crippen molar-refractivity contribution in [3.05, 3.63) is 35.9 Å². The number of benzene rings is 1. The van der Waals surface area contributed by atoms with Gasteiger partial charge in [0, 0.05) is 5.54 Å². The molecule has 1 aromatic carbocycles. The van der Waals surface area contributed by atoms with E-state index in [1.54, 1.807) is 71.9 Å². The molecule has 2 atom stereocenters. The van der Waals surface area contributed by atoms with Crippen molar-refractivity contribution < 1.29 is 33.4 Å². The van der Waals surface area contributed by atoms with Crippen LogP contribution in [0, 0.1) is 0 Å². The molecule has 0 spiro atoms. The minimum absolute atomic E-state index is 0.411. The lowest BCUT2D eigenvalue weighted by Gasteiger charge is -2.43. The smallest absolute Gasteiger partial charge is 0.408 e. The fraction of sp³-hybridized carbons (Fsp3) is 0.542. The molecule has 2 unspecified atom stereocenters. The highest BCUT2D eigenvalue weighted by Crippen LogP contribution is 2.30. The first kappa shape index (κ1) is 29.4. The van der Waals surface area contributed by atoms with E-state index in [4.69, 9.17) is 10.5 Å². The molecule has 0 bridgehead atoms. The normalized spacial score (nSPS) is 13.1. The standard InChI is InChI=1S/C24H36N4O7/c1-23(2,3)28(21(32)16(13-17(25)29)27-22(33)35-24(4,5)6)19(15-11-9-8-10-12-15)20(31)26-14-18(30)34-7/h8-12,16,19H,13-14H2,1-7H3,(H2,25,29)(H,26,31)(H,27,33). The summed E-state index contributed by atoms with van der Waals surface area (Å²) in [5.74, 6) is -2.89. The van der Waals surface area contributed by atoms with Gasteiger partial charge in [0.1, 0.15) is 24.2 Å². The molecule has 11 heteroatoms. The van der Waals surface area contributed by atoms with E-state index in [1.165, 1.54) is 12.0 Å². The van der Waals surface area contributed by atoms with E-state index in [1.807, 2.05) is 0 Å². The van der Waals surface area contributed by atoms with E-state index in [0.717, 1.165) is 0 Å². The number of hydrogen-bond acceptors (Lipinski definition) is 7. The summed E-state index contributed by atoms with van der Waals surface area (Å²) in [6, 6.07) is 5.83. The first-order valence-corrected chi connectivity index (χ1v) is 11.1. The van der Waals surface area contributed by atoms with E-state index >= 15 is 0 Å². The Balaban J connectivity index is 3.49. The molecule has 0 heterocycles. The summed E-state index contributed by atoms with van der Waals surface area (Å²) in [6.07, 6.45) is -1.44. The maximum atomic E-state index is 13.8. The second kappa shape index (κ2) is 12.2. The number of alkyl carbamates (subject to hydrolysis) is 1. The molecule has 1 aromatic rings. The highest BCUT2D eigenvalue weighted by atomic mass is 16.6. The van der Waals surface area contributed by atoms with Crippen molar-refractivity contribution in [3.8, 4) is 0 Å². The van der Waals surface area contributed by atoms with Crippen molar-refractivity contribution in [2.75, 3.05) is 13.7 Å². The van der Waals surface area contributed by atoms with Crippen LogP contribution in [0.4, 0.5) is 4.79 Å². The van der Waals surface area contributed by atoms with E-state index in [0.29, 0.717) is 5.56 Å². The zero-order valence-electron chi connectivity index (χ0n) is 21.3. The second-order valence-electron chi connectivity index (χ2n) is 9.86. The number of rotatable bonds is 9. The van der Waals surface area contributed by atoms with Crippen molar-refractivity contribution in [3.63, 3.8) is 0 Å². The van der Waals surface area contributed by atoms with Gasteiger partial charge < -0.3 is 30.7 Å². The summed E-state index contributed by atoms with van der Waals surface area (Å²) >= 11 is 0. The molecule has 0 fully saturated rings. The summed E-state index contributed by atoms with van der Waals surface area (Å²) in [5, 5.41) is 4.88. The third-order valence-electron chi connectivity index (χ3n) is 4.61. The van der Waals surface area contributed by atoms with Crippen LogP contribution in [0.25, 0.3) is 0 Å². The van der Waals surface area contributed by atoms with Gasteiger partial charge in [-0.1, -0.05) is 30.3 Å². The van der Waals surface area contributed by atoms with Gasteiger partial charge in [0.15, 0.2) is 0 Å². The van der Waals surface area contributed by atoms with Crippen molar-refractivity contribution in [2.24, 2.45) is 5.73 Å². The lowest BCUT2D eigenvalue weighted by molar-refractivity contribution is -0.150. The lowest BCUT2D eigenvalue weighted by atomic mass is 9.95. The van der Waals surface area contributed by atoms with E-state index in [9.17, 15) is 24.0 Å². The highest BCUT2D eigenvalue weighted by molar-refractivity contribution is 5.95. The number of methoxy groups -OCH3 is 1. The number of carbonyl (C=O) groups is 5. The Morgan fingerprint density at radius 1 is 1.00 bits per heavy atom. The average molecular weight is 493 g/mol. The van der Waals surface area contributed by atoms with Gasteiger partial charge in [-0.05, 0) is 47.1 Å². The van der Waals surface area contributed by atoms with Crippen molar-refractivity contribution in [2.45, 2.75) is 71.2 Å². The van der Waals surface area contributed by atoms with Crippen LogP contribution in [-0.2, 0) is 28.7 Å². The molecule has 0 aliphatic rings. The molecule has 0 aromatic heterocycles. The van der Waals surface area contributed by atoms with Crippen molar-refractivity contribution in [1.29, 1.82) is 0 Å². The quantitative estimate of drug-likeness (QED) is 0.440. The summed E-state index contributed by atoms with van der Waals surface area (Å²) in [6.45, 7) is 9.63.